The summed E-state index contributed by atoms with van der Waals surface area (Å²) in [6.45, 7) is 3.74. The average Bonchev–Trinajstić information content (AvgIpc) is 2.80. The Labute approximate surface area is 232 Å². The highest BCUT2D eigenvalue weighted by molar-refractivity contribution is 7.92. The van der Waals surface area contributed by atoms with Gasteiger partial charge in [-0.1, -0.05) is 72.7 Å². The fourth-order valence-electron chi connectivity index (χ4n) is 3.51. The molecule has 0 fully saturated rings. The minimum absolute atomic E-state index is 0.0222. The normalized spacial score (nSPS) is 12.2. The van der Waals surface area contributed by atoms with Crippen LogP contribution in [0.5, 0.6) is 0 Å². The van der Waals surface area contributed by atoms with Crippen molar-refractivity contribution in [3.05, 3.63) is 62.1 Å². The second-order valence-corrected chi connectivity index (χ2v) is 11.7. The van der Waals surface area contributed by atoms with Gasteiger partial charge in [0.2, 0.25) is 21.8 Å². The number of rotatable bonds is 12. The van der Waals surface area contributed by atoms with Crippen molar-refractivity contribution in [1.29, 1.82) is 0 Å². The van der Waals surface area contributed by atoms with E-state index in [-0.39, 0.29) is 28.2 Å². The van der Waals surface area contributed by atoms with E-state index in [2.05, 4.69) is 5.32 Å². The number of amides is 2. The van der Waals surface area contributed by atoms with Gasteiger partial charge in [-0.2, -0.15) is 0 Å². The lowest BCUT2D eigenvalue weighted by Gasteiger charge is -2.33. The smallest absolute Gasteiger partial charge is 0.244 e. The molecule has 2 rings (SSSR count). The van der Waals surface area contributed by atoms with Gasteiger partial charge in [-0.25, -0.2) is 8.42 Å². The first-order chi connectivity index (χ1) is 16.9. The van der Waals surface area contributed by atoms with Crippen molar-refractivity contribution < 1.29 is 18.0 Å². The zero-order valence-corrected chi connectivity index (χ0v) is 24.1. The van der Waals surface area contributed by atoms with Crippen molar-refractivity contribution >= 4 is 73.9 Å². The third-order valence-electron chi connectivity index (χ3n) is 5.42. The van der Waals surface area contributed by atoms with Crippen molar-refractivity contribution in [2.24, 2.45) is 0 Å². The van der Waals surface area contributed by atoms with E-state index in [1.54, 1.807) is 25.1 Å². The van der Waals surface area contributed by atoms with Crippen LogP contribution < -0.4 is 9.62 Å². The summed E-state index contributed by atoms with van der Waals surface area (Å²) in [4.78, 5) is 28.0. The third kappa shape index (κ3) is 8.42. The molecule has 1 atom stereocenters. The highest BCUT2D eigenvalue weighted by Crippen LogP contribution is 2.29. The summed E-state index contributed by atoms with van der Waals surface area (Å²) < 4.78 is 26.2. The van der Waals surface area contributed by atoms with Crippen LogP contribution >= 0.6 is 46.4 Å². The predicted octanol–water partition coefficient (Wildman–Crippen LogP) is 5.79. The number of hydrogen-bond acceptors (Lipinski definition) is 4. The first-order valence-corrected chi connectivity index (χ1v) is 14.7. The molecule has 2 aromatic carbocycles. The minimum atomic E-state index is -3.89. The van der Waals surface area contributed by atoms with Crippen molar-refractivity contribution in [3.63, 3.8) is 0 Å². The largest absolute Gasteiger partial charge is 0.354 e. The molecule has 0 spiro atoms. The van der Waals surface area contributed by atoms with Crippen LogP contribution in [0.25, 0.3) is 0 Å². The van der Waals surface area contributed by atoms with E-state index in [0.717, 1.165) is 23.4 Å². The summed E-state index contributed by atoms with van der Waals surface area (Å²) in [7, 11) is -3.89. The standard InChI is InChI=1S/C24H29Cl4N3O4S/c1-4-6-11-29-24(33)22(5-2)30(14-16-7-9-18(25)20(27)12-16)23(32)15-31(36(3,34)35)17-8-10-19(26)21(28)13-17/h7-10,12-13,22H,4-6,11,14-15H2,1-3H3,(H,29,33)/t22-/m0/s1. The van der Waals surface area contributed by atoms with Gasteiger partial charge in [0, 0.05) is 13.1 Å². The lowest BCUT2D eigenvalue weighted by Crippen LogP contribution is -2.52. The summed E-state index contributed by atoms with van der Waals surface area (Å²) in [5.74, 6) is -0.894. The van der Waals surface area contributed by atoms with E-state index < -0.39 is 28.5 Å². The average molecular weight is 597 g/mol. The molecule has 0 unspecified atom stereocenters. The molecule has 1 N–H and O–H groups in total. The Balaban J connectivity index is 2.45. The number of nitrogens with one attached hydrogen (secondary N) is 1. The highest BCUT2D eigenvalue weighted by Gasteiger charge is 2.32. The molecule has 0 radical (unpaired) electrons. The van der Waals surface area contributed by atoms with Gasteiger partial charge in [0.25, 0.3) is 0 Å². The van der Waals surface area contributed by atoms with Crippen LogP contribution in [-0.4, -0.2) is 50.5 Å². The fourth-order valence-corrected chi connectivity index (χ4v) is 4.97. The molecule has 36 heavy (non-hydrogen) atoms. The molecule has 0 aliphatic carbocycles. The Morgan fingerprint density at radius 1 is 0.944 bits per heavy atom. The van der Waals surface area contributed by atoms with Gasteiger partial charge in [0.05, 0.1) is 32.0 Å². The Hall–Kier alpha value is -1.71. The van der Waals surface area contributed by atoms with E-state index in [9.17, 15) is 18.0 Å². The summed E-state index contributed by atoms with van der Waals surface area (Å²) in [6, 6.07) is 8.35. The van der Waals surface area contributed by atoms with Crippen molar-refractivity contribution in [2.45, 2.75) is 45.7 Å². The van der Waals surface area contributed by atoms with Crippen LogP contribution in [-0.2, 0) is 26.2 Å². The van der Waals surface area contributed by atoms with Crippen molar-refractivity contribution in [2.75, 3.05) is 23.7 Å². The van der Waals surface area contributed by atoms with Crippen LogP contribution in [0.3, 0.4) is 0 Å². The predicted molar refractivity (Wildman–Crippen MR) is 148 cm³/mol. The Kier molecular flexibility index (Phi) is 11.6. The number of carbonyl (C=O) groups is 2. The van der Waals surface area contributed by atoms with Crippen LogP contribution in [0.15, 0.2) is 36.4 Å². The van der Waals surface area contributed by atoms with Crippen LogP contribution in [0, 0.1) is 0 Å². The quantitative estimate of drug-likeness (QED) is 0.314. The summed E-state index contributed by atoms with van der Waals surface area (Å²) in [5, 5.41) is 3.90. The second-order valence-electron chi connectivity index (χ2n) is 8.21. The van der Waals surface area contributed by atoms with E-state index in [0.29, 0.717) is 28.6 Å². The van der Waals surface area contributed by atoms with Crippen LogP contribution in [0.4, 0.5) is 5.69 Å². The number of nitrogens with zero attached hydrogens (tertiary/aromatic N) is 2. The monoisotopic (exact) mass is 595 g/mol. The summed E-state index contributed by atoms with van der Waals surface area (Å²) >= 11 is 24.3. The topological polar surface area (TPSA) is 86.8 Å². The molecule has 0 aromatic heterocycles. The summed E-state index contributed by atoms with van der Waals surface area (Å²) in [5.41, 5.74) is 0.813. The number of carbonyl (C=O) groups excluding carboxylic acids is 2. The number of sulfonamides is 1. The number of anilines is 1. The highest BCUT2D eigenvalue weighted by atomic mass is 35.5. The first-order valence-electron chi connectivity index (χ1n) is 11.3. The van der Waals surface area contributed by atoms with Crippen LogP contribution in [0.2, 0.25) is 20.1 Å². The number of benzene rings is 2. The maximum atomic E-state index is 13.6. The molecule has 0 saturated carbocycles. The van der Waals surface area contributed by atoms with Gasteiger partial charge < -0.3 is 10.2 Å². The molecule has 0 bridgehead atoms. The van der Waals surface area contributed by atoms with Gasteiger partial charge in [-0.3, -0.25) is 13.9 Å². The fraction of sp³-hybridized carbons (Fsp3) is 0.417. The maximum Gasteiger partial charge on any atom is 0.244 e. The molecule has 0 aliphatic rings. The van der Waals surface area contributed by atoms with Crippen LogP contribution in [0.1, 0.15) is 38.7 Å². The Morgan fingerprint density at radius 2 is 1.56 bits per heavy atom. The van der Waals surface area contributed by atoms with Gasteiger partial charge >= 0.3 is 0 Å². The van der Waals surface area contributed by atoms with Crippen molar-refractivity contribution in [1.82, 2.24) is 10.2 Å². The van der Waals surface area contributed by atoms with Gasteiger partial charge in [-0.05, 0) is 48.7 Å². The van der Waals surface area contributed by atoms with Gasteiger partial charge in [0.1, 0.15) is 12.6 Å². The molecular formula is C24H29Cl4N3O4S. The SMILES string of the molecule is CCCCNC(=O)[C@H](CC)N(Cc1ccc(Cl)c(Cl)c1)C(=O)CN(c1ccc(Cl)c(Cl)c1)S(C)(=O)=O. The second kappa shape index (κ2) is 13.7. The molecule has 2 amide bonds. The van der Waals surface area contributed by atoms with Gasteiger partial charge in [-0.15, -0.1) is 0 Å². The van der Waals surface area contributed by atoms with E-state index in [4.69, 9.17) is 46.4 Å². The van der Waals surface area contributed by atoms with E-state index in [1.165, 1.54) is 23.1 Å². The maximum absolute atomic E-state index is 13.6. The molecule has 0 aliphatic heterocycles. The minimum Gasteiger partial charge on any atom is -0.354 e. The number of halogens is 4. The molecule has 0 saturated heterocycles. The number of unbranched alkanes of at least 4 members (excludes halogenated alkanes) is 1. The number of hydrogen-bond donors (Lipinski definition) is 1. The molecule has 7 nitrogen and oxygen atoms in total. The molecule has 198 valence electrons. The third-order valence-corrected chi connectivity index (χ3v) is 8.04. The lowest BCUT2D eigenvalue weighted by molar-refractivity contribution is -0.140. The summed E-state index contributed by atoms with van der Waals surface area (Å²) in [6.07, 6.45) is 3.00. The zero-order chi connectivity index (χ0) is 27.0. The van der Waals surface area contributed by atoms with E-state index in [1.807, 2.05) is 6.92 Å². The molecular weight excluding hydrogens is 568 g/mol. The Bertz CT molecular complexity index is 1190. The Morgan fingerprint density at radius 3 is 2.08 bits per heavy atom. The zero-order valence-electron chi connectivity index (χ0n) is 20.2. The van der Waals surface area contributed by atoms with Crippen molar-refractivity contribution in [3.8, 4) is 0 Å². The molecule has 2 aromatic rings. The van der Waals surface area contributed by atoms with Gasteiger partial charge in [0.15, 0.2) is 0 Å². The lowest BCUT2D eigenvalue weighted by atomic mass is 10.1. The molecule has 0 heterocycles. The first kappa shape index (κ1) is 30.5. The molecule has 12 heteroatoms. The van der Waals surface area contributed by atoms with E-state index >= 15 is 0 Å².